The van der Waals surface area contributed by atoms with Crippen LogP contribution in [0.4, 0.5) is 4.39 Å². The highest BCUT2D eigenvalue weighted by Gasteiger charge is 2.13. The molecule has 1 aromatic heterocycles. The fourth-order valence-corrected chi connectivity index (χ4v) is 2.34. The lowest BCUT2D eigenvalue weighted by molar-refractivity contribution is 0.0697. The van der Waals surface area contributed by atoms with Crippen molar-refractivity contribution in [2.45, 2.75) is 6.42 Å². The van der Waals surface area contributed by atoms with Crippen LogP contribution in [0.15, 0.2) is 36.4 Å². The highest BCUT2D eigenvalue weighted by Crippen LogP contribution is 2.24. The van der Waals surface area contributed by atoms with Crippen LogP contribution in [0.2, 0.25) is 0 Å². The molecule has 0 aliphatic rings. The Labute approximate surface area is 125 Å². The summed E-state index contributed by atoms with van der Waals surface area (Å²) in [5.41, 5.74) is 1.80. The van der Waals surface area contributed by atoms with Gasteiger partial charge in [-0.3, -0.25) is 0 Å². The number of aromatic carboxylic acids is 1. The molecule has 0 amide bonds. The molecule has 112 valence electrons. The van der Waals surface area contributed by atoms with Crippen LogP contribution in [0.1, 0.15) is 21.7 Å². The predicted molar refractivity (Wildman–Crippen MR) is 78.8 cm³/mol. The SMILES string of the molecule is COc1cccc(F)c1Cc1nc2cc(C(=O)O)ccc2[nH]1. The van der Waals surface area contributed by atoms with Crippen molar-refractivity contribution < 1.29 is 19.0 Å². The molecule has 0 spiro atoms. The lowest BCUT2D eigenvalue weighted by Gasteiger charge is -2.07. The quantitative estimate of drug-likeness (QED) is 0.776. The Hall–Kier alpha value is -2.89. The highest BCUT2D eigenvalue weighted by molar-refractivity contribution is 5.92. The smallest absolute Gasteiger partial charge is 0.335 e. The van der Waals surface area contributed by atoms with Gasteiger partial charge >= 0.3 is 5.97 Å². The van der Waals surface area contributed by atoms with Gasteiger partial charge in [0, 0.05) is 12.0 Å². The minimum Gasteiger partial charge on any atom is -0.496 e. The van der Waals surface area contributed by atoms with E-state index in [1.165, 1.54) is 25.3 Å². The molecule has 3 rings (SSSR count). The molecule has 0 aliphatic carbocycles. The maximum Gasteiger partial charge on any atom is 0.335 e. The zero-order valence-corrected chi connectivity index (χ0v) is 11.8. The van der Waals surface area contributed by atoms with Crippen LogP contribution in [-0.2, 0) is 6.42 Å². The molecular formula is C16H13FN2O3. The number of H-pyrrole nitrogens is 1. The third-order valence-corrected chi connectivity index (χ3v) is 3.42. The molecule has 5 nitrogen and oxygen atoms in total. The van der Waals surface area contributed by atoms with Gasteiger partial charge in [-0.2, -0.15) is 0 Å². The molecule has 3 aromatic rings. The molecule has 2 aromatic carbocycles. The van der Waals surface area contributed by atoms with E-state index in [-0.39, 0.29) is 17.8 Å². The Morgan fingerprint density at radius 2 is 2.18 bits per heavy atom. The first-order valence-corrected chi connectivity index (χ1v) is 6.62. The van der Waals surface area contributed by atoms with Gasteiger partial charge in [0.2, 0.25) is 0 Å². The second-order valence-corrected chi connectivity index (χ2v) is 4.82. The number of aromatic amines is 1. The molecule has 22 heavy (non-hydrogen) atoms. The maximum absolute atomic E-state index is 13.9. The van der Waals surface area contributed by atoms with Crippen LogP contribution in [-0.4, -0.2) is 28.2 Å². The van der Waals surface area contributed by atoms with E-state index in [9.17, 15) is 9.18 Å². The number of methoxy groups -OCH3 is 1. The summed E-state index contributed by atoms with van der Waals surface area (Å²) in [6, 6.07) is 9.25. The van der Waals surface area contributed by atoms with Crippen molar-refractivity contribution in [3.63, 3.8) is 0 Å². The number of hydrogen-bond donors (Lipinski definition) is 2. The zero-order valence-electron chi connectivity index (χ0n) is 11.8. The number of nitrogens with one attached hydrogen (secondary N) is 1. The molecule has 0 bridgehead atoms. The van der Waals surface area contributed by atoms with E-state index < -0.39 is 5.97 Å². The average molecular weight is 300 g/mol. The number of fused-ring (bicyclic) bond motifs is 1. The summed E-state index contributed by atoms with van der Waals surface area (Å²) >= 11 is 0. The van der Waals surface area contributed by atoms with Crippen LogP contribution in [0, 0.1) is 5.82 Å². The van der Waals surface area contributed by atoms with E-state index in [0.29, 0.717) is 28.2 Å². The van der Waals surface area contributed by atoms with Gasteiger partial charge in [-0.1, -0.05) is 6.07 Å². The first-order chi connectivity index (χ1) is 10.6. The van der Waals surface area contributed by atoms with Gasteiger partial charge in [0.1, 0.15) is 17.4 Å². The number of hydrogen-bond acceptors (Lipinski definition) is 3. The molecule has 1 heterocycles. The number of carboxylic acids is 1. The van der Waals surface area contributed by atoms with E-state index >= 15 is 0 Å². The summed E-state index contributed by atoms with van der Waals surface area (Å²) in [5.74, 6) is -0.388. The molecule has 0 unspecified atom stereocenters. The second kappa shape index (κ2) is 5.48. The van der Waals surface area contributed by atoms with E-state index in [0.717, 1.165) is 0 Å². The topological polar surface area (TPSA) is 75.2 Å². The van der Waals surface area contributed by atoms with Gasteiger partial charge in [-0.15, -0.1) is 0 Å². The number of carbonyl (C=O) groups is 1. The fraction of sp³-hybridized carbons (Fsp3) is 0.125. The molecule has 6 heteroatoms. The van der Waals surface area contributed by atoms with Crippen LogP contribution in [0.5, 0.6) is 5.75 Å². The third kappa shape index (κ3) is 2.50. The minimum atomic E-state index is -1.01. The summed E-state index contributed by atoms with van der Waals surface area (Å²) in [5, 5.41) is 8.99. The molecule has 0 fully saturated rings. The largest absolute Gasteiger partial charge is 0.496 e. The van der Waals surface area contributed by atoms with Gasteiger partial charge in [0.15, 0.2) is 0 Å². The highest BCUT2D eigenvalue weighted by atomic mass is 19.1. The van der Waals surface area contributed by atoms with Crippen molar-refractivity contribution >= 4 is 17.0 Å². The van der Waals surface area contributed by atoms with E-state index in [1.807, 2.05) is 0 Å². The minimum absolute atomic E-state index is 0.161. The molecule has 2 N–H and O–H groups in total. The fourth-order valence-electron chi connectivity index (χ4n) is 2.34. The molecular weight excluding hydrogens is 287 g/mol. The van der Waals surface area contributed by atoms with Crippen molar-refractivity contribution in [1.29, 1.82) is 0 Å². The third-order valence-electron chi connectivity index (χ3n) is 3.42. The van der Waals surface area contributed by atoms with Crippen molar-refractivity contribution in [2.75, 3.05) is 7.11 Å². The number of rotatable bonds is 4. The first-order valence-electron chi connectivity index (χ1n) is 6.62. The number of benzene rings is 2. The Bertz CT molecular complexity index is 858. The molecule has 0 radical (unpaired) electrons. The molecule has 0 atom stereocenters. The van der Waals surface area contributed by atoms with Crippen LogP contribution in [0.3, 0.4) is 0 Å². The van der Waals surface area contributed by atoms with Gasteiger partial charge in [-0.25, -0.2) is 14.2 Å². The monoisotopic (exact) mass is 300 g/mol. The van der Waals surface area contributed by atoms with Gasteiger partial charge in [0.05, 0.1) is 23.7 Å². The predicted octanol–water partition coefficient (Wildman–Crippen LogP) is 3.00. The summed E-state index contributed by atoms with van der Waals surface area (Å²) in [7, 11) is 1.48. The van der Waals surface area contributed by atoms with Crippen LogP contribution < -0.4 is 4.74 Å². The Balaban J connectivity index is 2.00. The Morgan fingerprint density at radius 3 is 2.91 bits per heavy atom. The van der Waals surface area contributed by atoms with E-state index in [4.69, 9.17) is 9.84 Å². The van der Waals surface area contributed by atoms with Crippen molar-refractivity contribution in [3.8, 4) is 5.75 Å². The van der Waals surface area contributed by atoms with Crippen molar-refractivity contribution in [2.24, 2.45) is 0 Å². The molecule has 0 saturated carbocycles. The number of ether oxygens (including phenoxy) is 1. The Morgan fingerprint density at radius 1 is 1.36 bits per heavy atom. The molecule has 0 aliphatic heterocycles. The van der Waals surface area contributed by atoms with E-state index in [1.54, 1.807) is 18.2 Å². The number of nitrogens with zero attached hydrogens (tertiary/aromatic N) is 1. The van der Waals surface area contributed by atoms with Gasteiger partial charge in [-0.05, 0) is 30.3 Å². The summed E-state index contributed by atoms with van der Waals surface area (Å²) in [6.07, 6.45) is 0.229. The standard InChI is InChI=1S/C16H13FN2O3/c1-22-14-4-2-3-11(17)10(14)8-15-18-12-6-5-9(16(20)21)7-13(12)19-15/h2-7H,8H2,1H3,(H,18,19)(H,20,21). The second-order valence-electron chi connectivity index (χ2n) is 4.82. The summed E-state index contributed by atoms with van der Waals surface area (Å²) in [4.78, 5) is 18.4. The summed E-state index contributed by atoms with van der Waals surface area (Å²) in [6.45, 7) is 0. The maximum atomic E-state index is 13.9. The lowest BCUT2D eigenvalue weighted by atomic mass is 10.1. The normalized spacial score (nSPS) is 10.8. The average Bonchev–Trinajstić information content (AvgIpc) is 2.90. The summed E-state index contributed by atoms with van der Waals surface area (Å²) < 4.78 is 19.1. The van der Waals surface area contributed by atoms with Gasteiger partial charge < -0.3 is 14.8 Å². The number of imidazole rings is 1. The van der Waals surface area contributed by atoms with Crippen molar-refractivity contribution in [1.82, 2.24) is 9.97 Å². The van der Waals surface area contributed by atoms with Gasteiger partial charge in [0.25, 0.3) is 0 Å². The molecule has 0 saturated heterocycles. The van der Waals surface area contributed by atoms with E-state index in [2.05, 4.69) is 9.97 Å². The first kappa shape index (κ1) is 14.1. The zero-order chi connectivity index (χ0) is 15.7. The van der Waals surface area contributed by atoms with Crippen LogP contribution >= 0.6 is 0 Å². The Kier molecular flexibility index (Phi) is 3.50. The van der Waals surface area contributed by atoms with Crippen LogP contribution in [0.25, 0.3) is 11.0 Å². The number of aromatic nitrogens is 2. The number of halogens is 1. The van der Waals surface area contributed by atoms with Crippen molar-refractivity contribution in [3.05, 3.63) is 59.2 Å². The lowest BCUT2D eigenvalue weighted by Crippen LogP contribution is -1.98. The number of carboxylic acid groups (broad SMARTS) is 1.